The molecule has 2 aromatic carbocycles. The minimum atomic E-state index is -0.471. The van der Waals surface area contributed by atoms with E-state index in [0.29, 0.717) is 22.7 Å². The van der Waals surface area contributed by atoms with E-state index in [2.05, 4.69) is 5.32 Å². The fraction of sp³-hybridized carbons (Fsp3) is 0.235. The molecule has 0 amide bonds. The van der Waals surface area contributed by atoms with Gasteiger partial charge in [-0.15, -0.1) is 0 Å². The molecule has 7 heteroatoms. The van der Waals surface area contributed by atoms with Crippen molar-refractivity contribution < 1.29 is 19.2 Å². The minimum absolute atomic E-state index is 0.0114. The van der Waals surface area contributed by atoms with Crippen LogP contribution in [0.5, 0.6) is 11.5 Å². The van der Waals surface area contributed by atoms with E-state index in [-0.39, 0.29) is 18.0 Å². The molecule has 2 aromatic rings. The zero-order chi connectivity index (χ0) is 17.7. The number of nitro benzene ring substituents is 1. The van der Waals surface area contributed by atoms with E-state index in [9.17, 15) is 14.9 Å². The fourth-order valence-corrected chi connectivity index (χ4v) is 2.20. The summed E-state index contributed by atoms with van der Waals surface area (Å²) in [6, 6.07) is 9.38. The number of rotatable bonds is 7. The van der Waals surface area contributed by atoms with Crippen LogP contribution in [0.4, 0.5) is 11.4 Å². The molecule has 0 fully saturated rings. The van der Waals surface area contributed by atoms with Crippen LogP contribution in [-0.2, 0) is 0 Å². The Morgan fingerprint density at radius 1 is 1.12 bits per heavy atom. The number of hydrogen-bond acceptors (Lipinski definition) is 6. The Kier molecular flexibility index (Phi) is 5.36. The lowest BCUT2D eigenvalue weighted by Crippen LogP contribution is -2.15. The number of Topliss-reactive ketones (excluding diaryl/α,β-unsaturated/α-hetero) is 1. The Bertz CT molecular complexity index is 774. The predicted octanol–water partition coefficient (Wildman–Crippen LogP) is 3.22. The standard InChI is InChI=1S/C17H18N2O5/c1-11-4-6-13(19(21)22)9-14(11)18-10-15(20)12-5-7-16(23-2)17(8-12)24-3/h4-9,18H,10H2,1-3H3. The third kappa shape index (κ3) is 3.81. The third-order valence-corrected chi connectivity index (χ3v) is 3.58. The van der Waals surface area contributed by atoms with Crippen molar-refractivity contribution in [1.82, 2.24) is 0 Å². The average molecular weight is 330 g/mol. The topological polar surface area (TPSA) is 90.7 Å². The molecule has 24 heavy (non-hydrogen) atoms. The molecule has 0 radical (unpaired) electrons. The van der Waals surface area contributed by atoms with Gasteiger partial charge in [-0.05, 0) is 30.7 Å². The number of methoxy groups -OCH3 is 2. The molecular weight excluding hydrogens is 312 g/mol. The van der Waals surface area contributed by atoms with Gasteiger partial charge in [0.1, 0.15) is 0 Å². The van der Waals surface area contributed by atoms with Crippen molar-refractivity contribution in [2.24, 2.45) is 0 Å². The van der Waals surface area contributed by atoms with Crippen molar-refractivity contribution in [2.45, 2.75) is 6.92 Å². The monoisotopic (exact) mass is 330 g/mol. The van der Waals surface area contributed by atoms with Crippen LogP contribution < -0.4 is 14.8 Å². The molecule has 0 aromatic heterocycles. The molecule has 0 aliphatic rings. The summed E-state index contributed by atoms with van der Waals surface area (Å²) in [5.74, 6) is 0.841. The Morgan fingerprint density at radius 3 is 2.46 bits per heavy atom. The first-order valence-electron chi connectivity index (χ1n) is 7.20. The summed E-state index contributed by atoms with van der Waals surface area (Å²) in [7, 11) is 3.02. The van der Waals surface area contributed by atoms with E-state index in [1.54, 1.807) is 24.3 Å². The largest absolute Gasteiger partial charge is 0.493 e. The minimum Gasteiger partial charge on any atom is -0.493 e. The number of non-ortho nitro benzene ring substituents is 1. The average Bonchev–Trinajstić information content (AvgIpc) is 2.59. The van der Waals surface area contributed by atoms with Gasteiger partial charge in [0.05, 0.1) is 25.7 Å². The Hall–Kier alpha value is -3.09. The Balaban J connectivity index is 2.13. The van der Waals surface area contributed by atoms with Crippen LogP contribution in [0.3, 0.4) is 0 Å². The maximum Gasteiger partial charge on any atom is 0.271 e. The zero-order valence-corrected chi connectivity index (χ0v) is 13.7. The fourth-order valence-electron chi connectivity index (χ4n) is 2.20. The summed E-state index contributed by atoms with van der Waals surface area (Å²) >= 11 is 0. The lowest BCUT2D eigenvalue weighted by molar-refractivity contribution is -0.384. The molecule has 0 atom stereocenters. The van der Waals surface area contributed by atoms with Crippen LogP contribution >= 0.6 is 0 Å². The van der Waals surface area contributed by atoms with E-state index in [1.807, 2.05) is 6.92 Å². The highest BCUT2D eigenvalue weighted by atomic mass is 16.6. The number of nitro groups is 1. The number of ether oxygens (including phenoxy) is 2. The highest BCUT2D eigenvalue weighted by Crippen LogP contribution is 2.28. The summed E-state index contributed by atoms with van der Waals surface area (Å²) in [6.07, 6.45) is 0. The molecule has 0 saturated heterocycles. The molecule has 0 unspecified atom stereocenters. The summed E-state index contributed by atoms with van der Waals surface area (Å²) in [5, 5.41) is 13.8. The van der Waals surface area contributed by atoms with Gasteiger partial charge in [0.15, 0.2) is 17.3 Å². The van der Waals surface area contributed by atoms with Gasteiger partial charge in [-0.25, -0.2) is 0 Å². The van der Waals surface area contributed by atoms with Crippen molar-refractivity contribution in [3.63, 3.8) is 0 Å². The smallest absolute Gasteiger partial charge is 0.271 e. The van der Waals surface area contributed by atoms with Gasteiger partial charge in [0.2, 0.25) is 0 Å². The summed E-state index contributed by atoms with van der Waals surface area (Å²) in [6.45, 7) is 1.82. The molecule has 7 nitrogen and oxygen atoms in total. The van der Waals surface area contributed by atoms with Crippen LogP contribution in [0.15, 0.2) is 36.4 Å². The number of carbonyl (C=O) groups is 1. The molecule has 1 N–H and O–H groups in total. The van der Waals surface area contributed by atoms with Gasteiger partial charge in [0, 0.05) is 23.4 Å². The van der Waals surface area contributed by atoms with E-state index in [4.69, 9.17) is 9.47 Å². The second kappa shape index (κ2) is 7.45. The normalized spacial score (nSPS) is 10.1. The van der Waals surface area contributed by atoms with Crippen molar-refractivity contribution in [3.05, 3.63) is 57.6 Å². The number of nitrogens with one attached hydrogen (secondary N) is 1. The van der Waals surface area contributed by atoms with Crippen molar-refractivity contribution in [3.8, 4) is 11.5 Å². The van der Waals surface area contributed by atoms with Gasteiger partial charge >= 0.3 is 0 Å². The lowest BCUT2D eigenvalue weighted by Gasteiger charge is -2.11. The number of anilines is 1. The molecule has 0 aliphatic heterocycles. The first kappa shape index (κ1) is 17.3. The maximum atomic E-state index is 12.3. The van der Waals surface area contributed by atoms with Crippen LogP contribution in [0.25, 0.3) is 0 Å². The Labute approximate surface area is 139 Å². The number of carbonyl (C=O) groups excluding carboxylic acids is 1. The molecular formula is C17H18N2O5. The molecule has 0 heterocycles. The highest BCUT2D eigenvalue weighted by Gasteiger charge is 2.13. The number of hydrogen-bond donors (Lipinski definition) is 1. The molecule has 0 aliphatic carbocycles. The van der Waals surface area contributed by atoms with Gasteiger partial charge < -0.3 is 14.8 Å². The number of nitrogens with zero attached hydrogens (tertiary/aromatic N) is 1. The summed E-state index contributed by atoms with van der Waals surface area (Å²) in [4.78, 5) is 22.7. The quantitative estimate of drug-likeness (QED) is 0.476. The van der Waals surface area contributed by atoms with Gasteiger partial charge in [-0.2, -0.15) is 0 Å². The van der Waals surface area contributed by atoms with Crippen molar-refractivity contribution in [2.75, 3.05) is 26.1 Å². The lowest BCUT2D eigenvalue weighted by atomic mass is 10.1. The first-order chi connectivity index (χ1) is 11.5. The summed E-state index contributed by atoms with van der Waals surface area (Å²) in [5.41, 5.74) is 1.81. The number of ketones is 1. The van der Waals surface area contributed by atoms with Gasteiger partial charge in [-0.3, -0.25) is 14.9 Å². The summed E-state index contributed by atoms with van der Waals surface area (Å²) < 4.78 is 10.3. The van der Waals surface area contributed by atoms with E-state index in [1.165, 1.54) is 26.4 Å². The number of benzene rings is 2. The molecule has 0 bridgehead atoms. The van der Waals surface area contributed by atoms with Crippen LogP contribution in [0.1, 0.15) is 15.9 Å². The van der Waals surface area contributed by atoms with Crippen molar-refractivity contribution in [1.29, 1.82) is 0 Å². The molecule has 0 saturated carbocycles. The molecule has 126 valence electrons. The van der Waals surface area contributed by atoms with Crippen molar-refractivity contribution >= 4 is 17.2 Å². The first-order valence-corrected chi connectivity index (χ1v) is 7.20. The molecule has 2 rings (SSSR count). The molecule has 0 spiro atoms. The van der Waals surface area contributed by atoms with Crippen LogP contribution in [-0.4, -0.2) is 31.5 Å². The van der Waals surface area contributed by atoms with E-state index in [0.717, 1.165) is 5.56 Å². The highest BCUT2D eigenvalue weighted by molar-refractivity contribution is 5.99. The third-order valence-electron chi connectivity index (χ3n) is 3.58. The van der Waals surface area contributed by atoms with Crippen LogP contribution in [0, 0.1) is 17.0 Å². The zero-order valence-electron chi connectivity index (χ0n) is 13.7. The Morgan fingerprint density at radius 2 is 1.83 bits per heavy atom. The van der Waals surface area contributed by atoms with Crippen LogP contribution in [0.2, 0.25) is 0 Å². The van der Waals surface area contributed by atoms with E-state index >= 15 is 0 Å². The SMILES string of the molecule is COc1ccc(C(=O)CNc2cc([N+](=O)[O-])ccc2C)cc1OC. The second-order valence-electron chi connectivity index (χ2n) is 5.10. The number of aryl methyl sites for hydroxylation is 1. The predicted molar refractivity (Wildman–Crippen MR) is 90.2 cm³/mol. The van der Waals surface area contributed by atoms with Gasteiger partial charge in [-0.1, -0.05) is 6.07 Å². The maximum absolute atomic E-state index is 12.3. The van der Waals surface area contributed by atoms with E-state index < -0.39 is 4.92 Å². The van der Waals surface area contributed by atoms with Gasteiger partial charge in [0.25, 0.3) is 5.69 Å². The second-order valence-corrected chi connectivity index (χ2v) is 5.10.